The van der Waals surface area contributed by atoms with E-state index in [0.717, 1.165) is 31.0 Å². The SMILES string of the molecule is CC(C)CN(C)Cc1c(CNC2CC2)oc2ccccc12. The molecular weight excluding hydrogens is 260 g/mol. The predicted molar refractivity (Wildman–Crippen MR) is 87.2 cm³/mol. The van der Waals surface area contributed by atoms with E-state index in [4.69, 9.17) is 4.42 Å². The maximum absolute atomic E-state index is 6.09. The van der Waals surface area contributed by atoms with Crippen molar-refractivity contribution in [3.05, 3.63) is 35.6 Å². The molecule has 0 spiro atoms. The molecule has 3 heteroatoms. The monoisotopic (exact) mass is 286 g/mol. The van der Waals surface area contributed by atoms with Crippen LogP contribution >= 0.6 is 0 Å². The number of nitrogens with one attached hydrogen (secondary N) is 1. The van der Waals surface area contributed by atoms with Crippen molar-refractivity contribution < 1.29 is 4.42 Å². The number of hydrogen-bond acceptors (Lipinski definition) is 3. The summed E-state index contributed by atoms with van der Waals surface area (Å²) >= 11 is 0. The summed E-state index contributed by atoms with van der Waals surface area (Å²) in [6.07, 6.45) is 2.62. The maximum atomic E-state index is 6.09. The van der Waals surface area contributed by atoms with Crippen LogP contribution in [0.5, 0.6) is 0 Å². The van der Waals surface area contributed by atoms with Crippen molar-refractivity contribution in [3.8, 4) is 0 Å². The molecule has 0 radical (unpaired) electrons. The van der Waals surface area contributed by atoms with Crippen molar-refractivity contribution in [2.45, 2.75) is 45.8 Å². The second kappa shape index (κ2) is 6.20. The highest BCUT2D eigenvalue weighted by molar-refractivity contribution is 5.82. The topological polar surface area (TPSA) is 28.4 Å². The quantitative estimate of drug-likeness (QED) is 0.840. The molecule has 0 atom stereocenters. The Bertz CT molecular complexity index is 598. The Hall–Kier alpha value is -1.32. The molecule has 1 aromatic carbocycles. The molecule has 1 N–H and O–H groups in total. The average molecular weight is 286 g/mol. The Balaban J connectivity index is 1.83. The highest BCUT2D eigenvalue weighted by Crippen LogP contribution is 2.28. The van der Waals surface area contributed by atoms with Gasteiger partial charge in [0, 0.05) is 30.1 Å². The second-order valence-corrected chi connectivity index (χ2v) is 6.75. The highest BCUT2D eigenvalue weighted by atomic mass is 16.3. The van der Waals surface area contributed by atoms with Gasteiger partial charge >= 0.3 is 0 Å². The summed E-state index contributed by atoms with van der Waals surface area (Å²) in [5.74, 6) is 1.79. The molecule has 1 aliphatic carbocycles. The van der Waals surface area contributed by atoms with Crippen LogP contribution in [0, 0.1) is 5.92 Å². The van der Waals surface area contributed by atoms with Crippen molar-refractivity contribution in [1.29, 1.82) is 0 Å². The normalized spacial score (nSPS) is 15.5. The summed E-state index contributed by atoms with van der Waals surface area (Å²) in [5, 5.41) is 4.84. The smallest absolute Gasteiger partial charge is 0.134 e. The van der Waals surface area contributed by atoms with Gasteiger partial charge < -0.3 is 14.6 Å². The third-order valence-electron chi connectivity index (χ3n) is 4.02. The Morgan fingerprint density at radius 2 is 2.05 bits per heavy atom. The first-order valence-corrected chi connectivity index (χ1v) is 8.04. The van der Waals surface area contributed by atoms with Gasteiger partial charge in [-0.25, -0.2) is 0 Å². The molecule has 2 aromatic rings. The van der Waals surface area contributed by atoms with Gasteiger partial charge in [-0.15, -0.1) is 0 Å². The van der Waals surface area contributed by atoms with Crippen LogP contribution in [0.4, 0.5) is 0 Å². The van der Waals surface area contributed by atoms with Gasteiger partial charge in [-0.1, -0.05) is 32.0 Å². The number of hydrogen-bond donors (Lipinski definition) is 1. The summed E-state index contributed by atoms with van der Waals surface area (Å²) in [5.41, 5.74) is 2.36. The zero-order chi connectivity index (χ0) is 14.8. The second-order valence-electron chi connectivity index (χ2n) is 6.75. The fourth-order valence-electron chi connectivity index (χ4n) is 2.95. The number of nitrogens with zero attached hydrogens (tertiary/aromatic N) is 1. The molecule has 3 nitrogen and oxygen atoms in total. The van der Waals surface area contributed by atoms with Gasteiger partial charge in [0.05, 0.1) is 6.54 Å². The first-order valence-electron chi connectivity index (χ1n) is 8.04. The standard InChI is InChI=1S/C18H26N2O/c1-13(2)11-20(3)12-16-15-6-4-5-7-17(15)21-18(16)10-19-14-8-9-14/h4-7,13-14,19H,8-12H2,1-3H3. The number of rotatable bonds is 7. The lowest BCUT2D eigenvalue weighted by Crippen LogP contribution is -2.24. The van der Waals surface area contributed by atoms with Crippen LogP contribution in [0.3, 0.4) is 0 Å². The minimum absolute atomic E-state index is 0.682. The molecule has 21 heavy (non-hydrogen) atoms. The molecule has 1 saturated carbocycles. The van der Waals surface area contributed by atoms with Crippen LogP contribution in [0.2, 0.25) is 0 Å². The first-order chi connectivity index (χ1) is 10.1. The van der Waals surface area contributed by atoms with Gasteiger partial charge in [0.2, 0.25) is 0 Å². The van der Waals surface area contributed by atoms with Crippen LogP contribution < -0.4 is 5.32 Å². The molecule has 114 valence electrons. The van der Waals surface area contributed by atoms with Crippen molar-refractivity contribution in [3.63, 3.8) is 0 Å². The van der Waals surface area contributed by atoms with Gasteiger partial charge in [-0.3, -0.25) is 0 Å². The number of furan rings is 1. The van der Waals surface area contributed by atoms with E-state index in [9.17, 15) is 0 Å². The van der Waals surface area contributed by atoms with Gasteiger partial charge in [0.25, 0.3) is 0 Å². The maximum Gasteiger partial charge on any atom is 0.134 e. The fourth-order valence-corrected chi connectivity index (χ4v) is 2.95. The van der Waals surface area contributed by atoms with Crippen LogP contribution in [0.15, 0.2) is 28.7 Å². The lowest BCUT2D eigenvalue weighted by molar-refractivity contribution is 0.286. The minimum Gasteiger partial charge on any atom is -0.459 e. The van der Waals surface area contributed by atoms with Gasteiger partial charge in [-0.05, 0) is 31.9 Å². The third-order valence-corrected chi connectivity index (χ3v) is 4.02. The summed E-state index contributed by atoms with van der Waals surface area (Å²) in [6, 6.07) is 9.10. The first kappa shape index (κ1) is 14.6. The third kappa shape index (κ3) is 3.66. The summed E-state index contributed by atoms with van der Waals surface area (Å²) in [6.45, 7) is 7.44. The van der Waals surface area contributed by atoms with Crippen LogP contribution in [-0.2, 0) is 13.1 Å². The molecule has 1 aromatic heterocycles. The van der Waals surface area contributed by atoms with Crippen molar-refractivity contribution in [1.82, 2.24) is 10.2 Å². The zero-order valence-electron chi connectivity index (χ0n) is 13.4. The van der Waals surface area contributed by atoms with E-state index in [2.05, 4.69) is 49.3 Å². The molecule has 0 bridgehead atoms. The molecule has 1 fully saturated rings. The van der Waals surface area contributed by atoms with Crippen molar-refractivity contribution >= 4 is 11.0 Å². The Morgan fingerprint density at radius 1 is 1.29 bits per heavy atom. The summed E-state index contributed by atoms with van der Waals surface area (Å²) < 4.78 is 6.09. The molecule has 1 aliphatic rings. The van der Waals surface area contributed by atoms with Gasteiger partial charge in [0.15, 0.2) is 0 Å². The largest absolute Gasteiger partial charge is 0.459 e. The summed E-state index contributed by atoms with van der Waals surface area (Å²) in [7, 11) is 2.19. The number of benzene rings is 1. The fraction of sp³-hybridized carbons (Fsp3) is 0.556. The minimum atomic E-state index is 0.682. The van der Waals surface area contributed by atoms with E-state index in [-0.39, 0.29) is 0 Å². The van der Waals surface area contributed by atoms with E-state index in [1.807, 2.05) is 6.07 Å². The van der Waals surface area contributed by atoms with Crippen LogP contribution in [-0.4, -0.2) is 24.5 Å². The van der Waals surface area contributed by atoms with Crippen LogP contribution in [0.1, 0.15) is 38.0 Å². The van der Waals surface area contributed by atoms with Crippen LogP contribution in [0.25, 0.3) is 11.0 Å². The summed E-state index contributed by atoms with van der Waals surface area (Å²) in [4.78, 5) is 2.39. The van der Waals surface area contributed by atoms with E-state index >= 15 is 0 Å². The predicted octanol–water partition coefficient (Wildman–Crippen LogP) is 3.77. The Morgan fingerprint density at radius 3 is 2.76 bits per heavy atom. The highest BCUT2D eigenvalue weighted by Gasteiger charge is 2.22. The van der Waals surface area contributed by atoms with Crippen molar-refractivity contribution in [2.24, 2.45) is 5.92 Å². The van der Waals surface area contributed by atoms with E-state index in [0.29, 0.717) is 12.0 Å². The Labute approximate surface area is 127 Å². The molecular formula is C18H26N2O. The Kier molecular flexibility index (Phi) is 4.32. The van der Waals surface area contributed by atoms with Crippen molar-refractivity contribution in [2.75, 3.05) is 13.6 Å². The van der Waals surface area contributed by atoms with Gasteiger partial charge in [-0.2, -0.15) is 0 Å². The van der Waals surface area contributed by atoms with Gasteiger partial charge in [0.1, 0.15) is 11.3 Å². The molecule has 0 saturated heterocycles. The lowest BCUT2D eigenvalue weighted by Gasteiger charge is -2.19. The molecule has 3 rings (SSSR count). The van der Waals surface area contributed by atoms with E-state index < -0.39 is 0 Å². The molecule has 0 aliphatic heterocycles. The average Bonchev–Trinajstić information content (AvgIpc) is 3.20. The molecule has 0 unspecified atom stereocenters. The molecule has 0 amide bonds. The molecule has 1 heterocycles. The van der Waals surface area contributed by atoms with E-state index in [1.165, 1.54) is 23.8 Å². The van der Waals surface area contributed by atoms with E-state index in [1.54, 1.807) is 0 Å². The number of fused-ring (bicyclic) bond motifs is 1. The lowest BCUT2D eigenvalue weighted by atomic mass is 10.1. The zero-order valence-corrected chi connectivity index (χ0v) is 13.4. The number of para-hydroxylation sites is 1.